The molecule has 0 atom stereocenters. The summed E-state index contributed by atoms with van der Waals surface area (Å²) in [5.74, 6) is 2.13. The average Bonchev–Trinajstić information content (AvgIpc) is 3.74. The Morgan fingerprint density at radius 1 is 0.419 bits per heavy atom. The van der Waals surface area contributed by atoms with Crippen LogP contribution in [0.15, 0.2) is 84.9 Å². The van der Waals surface area contributed by atoms with Crippen LogP contribution in [-0.4, -0.2) is 39.9 Å². The van der Waals surface area contributed by atoms with E-state index in [1.165, 1.54) is 0 Å². The van der Waals surface area contributed by atoms with Crippen molar-refractivity contribution in [2.75, 3.05) is 11.5 Å². The number of aromatic nitrogens is 8. The van der Waals surface area contributed by atoms with Crippen molar-refractivity contribution < 1.29 is 22.4 Å². The van der Waals surface area contributed by atoms with Crippen molar-refractivity contribution in [1.82, 2.24) is 39.9 Å². The van der Waals surface area contributed by atoms with Crippen LogP contribution in [0.5, 0.6) is 0 Å². The van der Waals surface area contributed by atoms with E-state index in [0.29, 0.717) is 62.6 Å². The summed E-state index contributed by atoms with van der Waals surface area (Å²) in [6, 6.07) is 27.5. The molecular weight excluding hydrogens is 632 g/mol. The second kappa shape index (κ2) is 9.30. The SMILES string of the molecule is Nc1ccc2c3nc4nc(nc5[nH]c(nc6nc(nc([nH]3)c2c1N)-c1ccccc1-6)c1ccccc51)-c1ccccc1-4.[Ag]. The first-order valence-electron chi connectivity index (χ1n) is 13.4. The van der Waals surface area contributed by atoms with Crippen molar-refractivity contribution in [3.63, 3.8) is 0 Å². The molecule has 0 fully saturated rings. The molecular formula is C32H20AgN10. The number of hydrogen-bond donors (Lipinski definition) is 4. The number of fused-ring (bicyclic) bond motifs is 20. The van der Waals surface area contributed by atoms with Crippen LogP contribution in [0.25, 0.3) is 89.7 Å². The van der Waals surface area contributed by atoms with Crippen molar-refractivity contribution in [3.05, 3.63) is 84.9 Å². The van der Waals surface area contributed by atoms with E-state index in [2.05, 4.69) is 9.97 Å². The molecule has 0 spiro atoms. The molecule has 3 aromatic heterocycles. The number of aromatic amines is 2. The summed E-state index contributed by atoms with van der Waals surface area (Å²) in [6.45, 7) is 0. The molecule has 11 heteroatoms. The summed E-state index contributed by atoms with van der Waals surface area (Å²) < 4.78 is 0. The predicted molar refractivity (Wildman–Crippen MR) is 165 cm³/mol. The van der Waals surface area contributed by atoms with Crippen LogP contribution in [0.4, 0.5) is 11.4 Å². The Bertz CT molecular complexity index is 2460. The van der Waals surface area contributed by atoms with Crippen molar-refractivity contribution in [3.8, 4) is 45.6 Å². The minimum atomic E-state index is 0. The Balaban J connectivity index is 0.00000278. The van der Waals surface area contributed by atoms with E-state index in [9.17, 15) is 0 Å². The second-order valence-electron chi connectivity index (χ2n) is 10.2. The van der Waals surface area contributed by atoms with Crippen LogP contribution in [0.1, 0.15) is 0 Å². The summed E-state index contributed by atoms with van der Waals surface area (Å²) in [5, 5.41) is 3.30. The van der Waals surface area contributed by atoms with Gasteiger partial charge in [-0.3, -0.25) is 0 Å². The molecule has 0 saturated carbocycles. The standard InChI is InChI=1S/C32H20N10.Ag/c33-22-14-13-21-23(24(22)34)32-41-30-20-12-6-5-11-19(20)28(39-30)37-26-16-8-2-1-7-15(16)25(35-26)36-27-17-9-3-4-10-18(17)29(38-27)40-31(21)42-32;/h1-14H,33-34H2,(H2,35,36,37,38,39,40,41,42);. The predicted octanol–water partition coefficient (Wildman–Crippen LogP) is 6.03. The topological polar surface area (TPSA) is 161 Å². The monoisotopic (exact) mass is 651 g/mol. The number of H-pyrrole nitrogens is 2. The smallest absolute Gasteiger partial charge is 0.164 e. The van der Waals surface area contributed by atoms with Crippen molar-refractivity contribution in [2.45, 2.75) is 0 Å². The first kappa shape index (κ1) is 25.3. The maximum Gasteiger partial charge on any atom is 0.164 e. The molecule has 0 saturated heterocycles. The third-order valence-electron chi connectivity index (χ3n) is 7.79. The largest absolute Gasteiger partial charge is 0.397 e. The van der Waals surface area contributed by atoms with E-state index in [-0.39, 0.29) is 22.4 Å². The number of anilines is 2. The minimum Gasteiger partial charge on any atom is -0.397 e. The molecule has 2 aliphatic heterocycles. The van der Waals surface area contributed by atoms with E-state index >= 15 is 0 Å². The Hall–Kier alpha value is -5.42. The quantitative estimate of drug-likeness (QED) is 0.114. The molecule has 9 rings (SSSR count). The first-order chi connectivity index (χ1) is 20.6. The van der Waals surface area contributed by atoms with Gasteiger partial charge >= 0.3 is 0 Å². The minimum absolute atomic E-state index is 0. The maximum atomic E-state index is 6.53. The van der Waals surface area contributed by atoms with Crippen molar-refractivity contribution in [2.24, 2.45) is 0 Å². The second-order valence-corrected chi connectivity index (χ2v) is 10.2. The summed E-state index contributed by atoms with van der Waals surface area (Å²) in [4.78, 5) is 36.6. The first-order valence-corrected chi connectivity index (χ1v) is 13.4. The number of nitrogen functional groups attached to an aromatic ring is 2. The Kier molecular flexibility index (Phi) is 5.47. The summed E-state index contributed by atoms with van der Waals surface area (Å²) >= 11 is 0. The number of hydrogen-bond acceptors (Lipinski definition) is 8. The number of nitrogens with one attached hydrogen (secondary N) is 2. The van der Waals surface area contributed by atoms with Crippen LogP contribution in [-0.2, 0) is 22.4 Å². The molecule has 1 radical (unpaired) electrons. The van der Waals surface area contributed by atoms with Crippen LogP contribution in [0, 0.1) is 0 Å². The number of nitrogens with zero attached hydrogens (tertiary/aromatic N) is 6. The summed E-state index contributed by atoms with van der Waals surface area (Å²) in [6.07, 6.45) is 0. The van der Waals surface area contributed by atoms with Crippen molar-refractivity contribution >= 4 is 55.5 Å². The molecule has 5 heterocycles. The fourth-order valence-electron chi connectivity index (χ4n) is 5.77. The molecule has 0 unspecified atom stereocenters. The fraction of sp³-hybridized carbons (Fsp3) is 0. The van der Waals surface area contributed by atoms with Crippen LogP contribution in [0.3, 0.4) is 0 Å². The van der Waals surface area contributed by atoms with E-state index in [1.807, 2.05) is 78.9 Å². The maximum absolute atomic E-state index is 6.53. The Labute approximate surface area is 258 Å². The van der Waals surface area contributed by atoms with Crippen LogP contribution >= 0.6 is 0 Å². The summed E-state index contributed by atoms with van der Waals surface area (Å²) in [7, 11) is 0. The number of benzene rings is 4. The van der Waals surface area contributed by atoms with E-state index in [0.717, 1.165) is 38.4 Å². The molecule has 209 valence electrons. The molecule has 2 aliphatic rings. The van der Waals surface area contributed by atoms with Gasteiger partial charge in [-0.15, -0.1) is 0 Å². The zero-order valence-electron chi connectivity index (χ0n) is 22.2. The zero-order chi connectivity index (χ0) is 27.9. The van der Waals surface area contributed by atoms with Crippen molar-refractivity contribution in [1.29, 1.82) is 0 Å². The molecule has 43 heavy (non-hydrogen) atoms. The van der Waals surface area contributed by atoms with E-state index in [4.69, 9.17) is 41.4 Å². The molecule has 4 aromatic carbocycles. The normalized spacial score (nSPS) is 11.7. The molecule has 8 bridgehead atoms. The third kappa shape index (κ3) is 3.71. The zero-order valence-corrected chi connectivity index (χ0v) is 23.7. The van der Waals surface area contributed by atoms with E-state index < -0.39 is 0 Å². The fourth-order valence-corrected chi connectivity index (χ4v) is 5.77. The summed E-state index contributed by atoms with van der Waals surface area (Å²) in [5.41, 5.74) is 19.5. The van der Waals surface area contributed by atoms with Gasteiger partial charge in [0.25, 0.3) is 0 Å². The van der Waals surface area contributed by atoms with Gasteiger partial charge in [0.05, 0.1) is 16.8 Å². The third-order valence-corrected chi connectivity index (χ3v) is 7.79. The van der Waals surface area contributed by atoms with Gasteiger partial charge < -0.3 is 21.4 Å². The Morgan fingerprint density at radius 2 is 0.814 bits per heavy atom. The van der Waals surface area contributed by atoms with Gasteiger partial charge in [-0.25, -0.2) is 29.9 Å². The van der Waals surface area contributed by atoms with E-state index in [1.54, 1.807) is 6.07 Å². The van der Waals surface area contributed by atoms with Gasteiger partial charge in [0, 0.05) is 60.8 Å². The average molecular weight is 652 g/mol. The van der Waals surface area contributed by atoms with Gasteiger partial charge in [0.1, 0.15) is 22.6 Å². The number of nitrogens with two attached hydrogens (primary N) is 2. The van der Waals surface area contributed by atoms with Gasteiger partial charge in [-0.2, -0.15) is 0 Å². The van der Waals surface area contributed by atoms with Gasteiger partial charge in [0.15, 0.2) is 23.3 Å². The molecule has 0 aliphatic carbocycles. The molecule has 0 amide bonds. The molecule has 7 aromatic rings. The van der Waals surface area contributed by atoms with Gasteiger partial charge in [-0.1, -0.05) is 72.8 Å². The Morgan fingerprint density at radius 3 is 1.30 bits per heavy atom. The molecule has 10 nitrogen and oxygen atoms in total. The number of rotatable bonds is 0. The molecule has 6 N–H and O–H groups in total. The van der Waals surface area contributed by atoms with Gasteiger partial charge in [-0.05, 0) is 12.1 Å². The van der Waals surface area contributed by atoms with Gasteiger partial charge in [0.2, 0.25) is 0 Å². The van der Waals surface area contributed by atoms with Crippen LogP contribution < -0.4 is 11.5 Å². The van der Waals surface area contributed by atoms with Crippen LogP contribution in [0.2, 0.25) is 0 Å².